The molecule has 2 aromatic rings. The predicted octanol–water partition coefficient (Wildman–Crippen LogP) is 3.39. The molecule has 0 saturated carbocycles. The zero-order valence-electron chi connectivity index (χ0n) is 15.0. The van der Waals surface area contributed by atoms with Crippen molar-refractivity contribution in [2.24, 2.45) is 0 Å². The number of esters is 1. The van der Waals surface area contributed by atoms with E-state index < -0.39 is 18.1 Å². The molecule has 0 unspecified atom stereocenters. The smallest absolute Gasteiger partial charge is 0.307 e. The van der Waals surface area contributed by atoms with Gasteiger partial charge in [0.1, 0.15) is 0 Å². The van der Waals surface area contributed by atoms with Gasteiger partial charge in [0.25, 0.3) is 0 Å². The molecule has 2 rings (SSSR count). The molecule has 0 spiro atoms. The number of thiophene rings is 1. The number of methoxy groups -OCH3 is 1. The van der Waals surface area contributed by atoms with E-state index in [2.05, 4.69) is 10.6 Å². The quantitative estimate of drug-likeness (QED) is 0.656. The highest BCUT2D eigenvalue weighted by Crippen LogP contribution is 2.24. The van der Waals surface area contributed by atoms with Crippen LogP contribution in [0.5, 0.6) is 0 Å². The molecule has 144 valence electrons. The van der Waals surface area contributed by atoms with Gasteiger partial charge >= 0.3 is 5.97 Å². The number of amides is 2. The summed E-state index contributed by atoms with van der Waals surface area (Å²) in [5.74, 6) is -0.942. The highest BCUT2D eigenvalue weighted by atomic mass is 35.5. The number of carbonyl (C=O) groups excluding carboxylic acids is 3. The van der Waals surface area contributed by atoms with E-state index in [4.69, 9.17) is 16.3 Å². The molecule has 8 heteroatoms. The van der Waals surface area contributed by atoms with Crippen LogP contribution in [-0.2, 0) is 19.1 Å². The molecule has 0 aliphatic rings. The van der Waals surface area contributed by atoms with Crippen LogP contribution in [0.3, 0.4) is 0 Å². The molecule has 2 amide bonds. The van der Waals surface area contributed by atoms with Crippen LogP contribution >= 0.6 is 22.9 Å². The SMILES string of the molecule is COC(=O)C[C@H](NC(=O)C[C@@H](NC(C)=O)c1ccc(Cl)cc1)c1cccs1. The maximum atomic E-state index is 12.6. The van der Waals surface area contributed by atoms with Gasteiger partial charge in [0.15, 0.2) is 0 Å². The summed E-state index contributed by atoms with van der Waals surface area (Å²) in [4.78, 5) is 36.7. The number of halogens is 1. The Bertz CT molecular complexity index is 778. The Morgan fingerprint density at radius 2 is 1.78 bits per heavy atom. The lowest BCUT2D eigenvalue weighted by molar-refractivity contribution is -0.141. The summed E-state index contributed by atoms with van der Waals surface area (Å²) in [5, 5.41) is 8.08. The van der Waals surface area contributed by atoms with Gasteiger partial charge in [0.05, 0.1) is 32.0 Å². The largest absolute Gasteiger partial charge is 0.469 e. The Morgan fingerprint density at radius 1 is 1.07 bits per heavy atom. The van der Waals surface area contributed by atoms with Crippen molar-refractivity contribution in [1.29, 1.82) is 0 Å². The van der Waals surface area contributed by atoms with Crippen molar-refractivity contribution in [1.82, 2.24) is 10.6 Å². The first-order valence-electron chi connectivity index (χ1n) is 8.31. The third kappa shape index (κ3) is 6.69. The van der Waals surface area contributed by atoms with Gasteiger partial charge < -0.3 is 15.4 Å². The maximum absolute atomic E-state index is 12.6. The van der Waals surface area contributed by atoms with Crippen LogP contribution in [-0.4, -0.2) is 24.9 Å². The third-order valence-electron chi connectivity index (χ3n) is 3.86. The minimum absolute atomic E-state index is 0.0320. The van der Waals surface area contributed by atoms with Crippen molar-refractivity contribution in [2.45, 2.75) is 31.8 Å². The standard InChI is InChI=1S/C19H21ClN2O4S/c1-12(23)21-15(13-5-7-14(20)8-6-13)10-18(24)22-16(11-19(25)26-2)17-4-3-9-27-17/h3-9,15-16H,10-11H2,1-2H3,(H,21,23)(H,22,24)/t15-,16+/m1/s1. The first kappa shape index (κ1) is 20.9. The van der Waals surface area contributed by atoms with E-state index in [0.717, 1.165) is 10.4 Å². The first-order valence-corrected chi connectivity index (χ1v) is 9.57. The summed E-state index contributed by atoms with van der Waals surface area (Å²) in [7, 11) is 1.31. The second-order valence-corrected chi connectivity index (χ2v) is 7.34. The lowest BCUT2D eigenvalue weighted by Gasteiger charge is -2.21. The summed E-state index contributed by atoms with van der Waals surface area (Å²) >= 11 is 7.35. The Kier molecular flexibility index (Phi) is 7.82. The number of rotatable bonds is 8. The summed E-state index contributed by atoms with van der Waals surface area (Å²) in [5.41, 5.74) is 0.769. The molecule has 0 aliphatic heterocycles. The number of hydrogen-bond donors (Lipinski definition) is 2. The van der Waals surface area contributed by atoms with Crippen LogP contribution in [0.25, 0.3) is 0 Å². The molecule has 27 heavy (non-hydrogen) atoms. The summed E-state index contributed by atoms with van der Waals surface area (Å²) in [6.45, 7) is 1.40. The molecule has 2 N–H and O–H groups in total. The lowest BCUT2D eigenvalue weighted by atomic mass is 10.0. The lowest BCUT2D eigenvalue weighted by Crippen LogP contribution is -2.35. The molecule has 2 atom stereocenters. The zero-order chi connectivity index (χ0) is 19.8. The van der Waals surface area contributed by atoms with Gasteiger partial charge in [0, 0.05) is 16.8 Å². The highest BCUT2D eigenvalue weighted by molar-refractivity contribution is 7.10. The molecule has 6 nitrogen and oxygen atoms in total. The monoisotopic (exact) mass is 408 g/mol. The van der Waals surface area contributed by atoms with Crippen molar-refractivity contribution in [3.8, 4) is 0 Å². The van der Waals surface area contributed by atoms with E-state index in [0.29, 0.717) is 5.02 Å². The third-order valence-corrected chi connectivity index (χ3v) is 5.10. The first-order chi connectivity index (χ1) is 12.9. The van der Waals surface area contributed by atoms with Crippen LogP contribution in [0.4, 0.5) is 0 Å². The van der Waals surface area contributed by atoms with E-state index in [9.17, 15) is 14.4 Å². The molecule has 1 aromatic carbocycles. The summed E-state index contributed by atoms with van der Waals surface area (Å²) in [6.07, 6.45) is 0.0682. The van der Waals surface area contributed by atoms with Crippen molar-refractivity contribution >= 4 is 40.7 Å². The number of hydrogen-bond acceptors (Lipinski definition) is 5. The van der Waals surface area contributed by atoms with Crippen LogP contribution < -0.4 is 10.6 Å². The average molecular weight is 409 g/mol. The number of carbonyl (C=O) groups is 3. The Balaban J connectivity index is 2.11. The fraction of sp³-hybridized carbons (Fsp3) is 0.316. The molecular formula is C19H21ClN2O4S. The van der Waals surface area contributed by atoms with Crippen molar-refractivity contribution in [2.75, 3.05) is 7.11 Å². The summed E-state index contributed by atoms with van der Waals surface area (Å²) < 4.78 is 4.72. The van der Waals surface area contributed by atoms with Crippen molar-refractivity contribution < 1.29 is 19.1 Å². The Hall–Kier alpha value is -2.38. The molecule has 1 aromatic heterocycles. The van der Waals surface area contributed by atoms with Crippen molar-refractivity contribution in [3.05, 3.63) is 57.2 Å². The van der Waals surface area contributed by atoms with E-state index >= 15 is 0 Å². The van der Waals surface area contributed by atoms with E-state index in [1.54, 1.807) is 24.3 Å². The molecule has 0 radical (unpaired) electrons. The zero-order valence-corrected chi connectivity index (χ0v) is 16.6. The second-order valence-electron chi connectivity index (χ2n) is 5.92. The molecule has 0 fully saturated rings. The minimum atomic E-state index is -0.498. The molecule has 0 saturated heterocycles. The Morgan fingerprint density at radius 3 is 2.33 bits per heavy atom. The van der Waals surface area contributed by atoms with Gasteiger partial charge in [-0.05, 0) is 29.1 Å². The van der Waals surface area contributed by atoms with Crippen LogP contribution in [0.2, 0.25) is 5.02 Å². The van der Waals surface area contributed by atoms with Crippen LogP contribution in [0.1, 0.15) is 42.3 Å². The fourth-order valence-electron chi connectivity index (χ4n) is 2.59. The topological polar surface area (TPSA) is 84.5 Å². The second kappa shape index (κ2) is 10.1. The molecular weight excluding hydrogens is 388 g/mol. The maximum Gasteiger partial charge on any atom is 0.307 e. The van der Waals surface area contributed by atoms with Gasteiger partial charge in [-0.25, -0.2) is 0 Å². The van der Waals surface area contributed by atoms with E-state index in [1.807, 2.05) is 17.5 Å². The summed E-state index contributed by atoms with van der Waals surface area (Å²) in [6, 6.07) is 9.66. The molecule has 0 bridgehead atoms. The molecule has 1 heterocycles. The van der Waals surface area contributed by atoms with Crippen LogP contribution in [0.15, 0.2) is 41.8 Å². The van der Waals surface area contributed by atoms with Crippen LogP contribution in [0, 0.1) is 0 Å². The average Bonchev–Trinajstić information content (AvgIpc) is 3.15. The fourth-order valence-corrected chi connectivity index (χ4v) is 3.50. The van der Waals surface area contributed by atoms with Gasteiger partial charge in [-0.3, -0.25) is 14.4 Å². The molecule has 0 aliphatic carbocycles. The van der Waals surface area contributed by atoms with Gasteiger partial charge in [0.2, 0.25) is 11.8 Å². The Labute approximate surface area is 166 Å². The number of ether oxygens (including phenoxy) is 1. The number of nitrogens with one attached hydrogen (secondary N) is 2. The van der Waals surface area contributed by atoms with Gasteiger partial charge in [-0.15, -0.1) is 11.3 Å². The van der Waals surface area contributed by atoms with Gasteiger partial charge in [-0.2, -0.15) is 0 Å². The van der Waals surface area contributed by atoms with E-state index in [1.165, 1.54) is 25.4 Å². The highest BCUT2D eigenvalue weighted by Gasteiger charge is 2.23. The van der Waals surface area contributed by atoms with E-state index in [-0.39, 0.29) is 24.7 Å². The normalized spacial score (nSPS) is 12.7. The number of benzene rings is 1. The minimum Gasteiger partial charge on any atom is -0.469 e. The van der Waals surface area contributed by atoms with Gasteiger partial charge in [-0.1, -0.05) is 29.8 Å². The van der Waals surface area contributed by atoms with Crippen molar-refractivity contribution in [3.63, 3.8) is 0 Å². The predicted molar refractivity (Wildman–Crippen MR) is 104 cm³/mol.